The molecule has 1 heterocycles. The Morgan fingerprint density at radius 1 is 1.17 bits per heavy atom. The minimum atomic E-state index is -0.573. The summed E-state index contributed by atoms with van der Waals surface area (Å²) in [6.45, 7) is 0. The highest BCUT2D eigenvalue weighted by atomic mass is 35.5. The van der Waals surface area contributed by atoms with Gasteiger partial charge < -0.3 is 9.52 Å². The van der Waals surface area contributed by atoms with Gasteiger partial charge in [-0.3, -0.25) is 14.9 Å². The molecule has 2 aromatic carbocycles. The molecule has 0 aliphatic rings. The van der Waals surface area contributed by atoms with Crippen molar-refractivity contribution in [2.45, 2.75) is 0 Å². The van der Waals surface area contributed by atoms with E-state index in [9.17, 15) is 20.0 Å². The number of rotatable bonds is 2. The Labute approximate surface area is 138 Å². The predicted octanol–water partition coefficient (Wildman–Crippen LogP) is 4.38. The normalized spacial score (nSPS) is 10.9. The van der Waals surface area contributed by atoms with E-state index >= 15 is 0 Å². The van der Waals surface area contributed by atoms with Crippen LogP contribution in [0.25, 0.3) is 22.3 Å². The van der Waals surface area contributed by atoms with Crippen LogP contribution >= 0.6 is 23.2 Å². The van der Waals surface area contributed by atoms with Gasteiger partial charge in [-0.05, 0) is 6.07 Å². The van der Waals surface area contributed by atoms with Gasteiger partial charge in [0.25, 0.3) is 5.69 Å². The van der Waals surface area contributed by atoms with E-state index < -0.39 is 16.1 Å². The van der Waals surface area contributed by atoms with Gasteiger partial charge in [0.2, 0.25) is 0 Å². The monoisotopic (exact) mass is 351 g/mol. The average Bonchev–Trinajstić information content (AvgIpc) is 2.52. The van der Waals surface area contributed by atoms with Crippen molar-refractivity contribution >= 4 is 39.9 Å². The zero-order chi connectivity index (χ0) is 16.7. The number of hydrogen-bond donors (Lipinski definition) is 1. The third kappa shape index (κ3) is 2.52. The Balaban J connectivity index is 2.36. The van der Waals surface area contributed by atoms with E-state index in [0.717, 1.165) is 6.07 Å². The summed E-state index contributed by atoms with van der Waals surface area (Å²) in [5.41, 5.74) is -0.572. The van der Waals surface area contributed by atoms with Crippen LogP contribution in [0.5, 0.6) is 5.75 Å². The molecule has 0 atom stereocenters. The van der Waals surface area contributed by atoms with Crippen LogP contribution in [0.15, 0.2) is 45.6 Å². The topological polar surface area (TPSA) is 93.6 Å². The second-order valence-corrected chi connectivity index (χ2v) is 5.43. The van der Waals surface area contributed by atoms with Crippen molar-refractivity contribution < 1.29 is 14.4 Å². The van der Waals surface area contributed by atoms with E-state index in [-0.39, 0.29) is 38.0 Å². The van der Waals surface area contributed by atoms with E-state index in [2.05, 4.69) is 0 Å². The molecular formula is C15H7Cl2NO5. The summed E-state index contributed by atoms with van der Waals surface area (Å²) >= 11 is 11.7. The first-order valence-corrected chi connectivity index (χ1v) is 7.04. The summed E-state index contributed by atoms with van der Waals surface area (Å²) in [7, 11) is 0. The first-order valence-electron chi connectivity index (χ1n) is 6.28. The van der Waals surface area contributed by atoms with E-state index in [1.54, 1.807) is 6.07 Å². The van der Waals surface area contributed by atoms with Crippen LogP contribution in [0.1, 0.15) is 0 Å². The summed E-state index contributed by atoms with van der Waals surface area (Å²) in [5.74, 6) is -0.417. The minimum Gasteiger partial charge on any atom is -0.505 e. The highest BCUT2D eigenvalue weighted by Crippen LogP contribution is 2.38. The molecule has 0 aliphatic carbocycles. The molecule has 116 valence electrons. The van der Waals surface area contributed by atoms with Crippen molar-refractivity contribution in [2.24, 2.45) is 0 Å². The molecule has 3 rings (SSSR count). The lowest BCUT2D eigenvalue weighted by atomic mass is 10.1. The average molecular weight is 352 g/mol. The van der Waals surface area contributed by atoms with Crippen molar-refractivity contribution in [3.63, 3.8) is 0 Å². The standard InChI is InChI=1S/C15H7Cl2NO5/c16-8-5-12-13(14(17)15(8)20)10(19)6-11(23-12)7-3-1-2-4-9(7)18(21)22/h1-6,20H. The third-order valence-corrected chi connectivity index (χ3v) is 3.91. The minimum absolute atomic E-state index is 0.00706. The Morgan fingerprint density at radius 2 is 1.87 bits per heavy atom. The van der Waals surface area contributed by atoms with Crippen LogP contribution in [0.2, 0.25) is 10.0 Å². The van der Waals surface area contributed by atoms with Crippen molar-refractivity contribution in [2.75, 3.05) is 0 Å². The van der Waals surface area contributed by atoms with Gasteiger partial charge in [-0.15, -0.1) is 0 Å². The maximum Gasteiger partial charge on any atom is 0.280 e. The van der Waals surface area contributed by atoms with E-state index in [4.69, 9.17) is 27.6 Å². The fraction of sp³-hybridized carbons (Fsp3) is 0. The number of nitrogens with zero attached hydrogens (tertiary/aromatic N) is 1. The Bertz CT molecular complexity index is 1010. The highest BCUT2D eigenvalue weighted by molar-refractivity contribution is 6.40. The molecule has 0 spiro atoms. The quantitative estimate of drug-likeness (QED) is 0.546. The molecular weight excluding hydrogens is 345 g/mol. The summed E-state index contributed by atoms with van der Waals surface area (Å²) in [4.78, 5) is 22.8. The lowest BCUT2D eigenvalue weighted by Crippen LogP contribution is -2.02. The fourth-order valence-electron chi connectivity index (χ4n) is 2.21. The molecule has 8 heteroatoms. The molecule has 3 aromatic rings. The molecule has 1 N–H and O–H groups in total. The van der Waals surface area contributed by atoms with Crippen molar-refractivity contribution in [1.29, 1.82) is 0 Å². The summed E-state index contributed by atoms with van der Waals surface area (Å²) in [6, 6.07) is 8.18. The number of halogens is 2. The zero-order valence-electron chi connectivity index (χ0n) is 11.2. The largest absolute Gasteiger partial charge is 0.505 e. The Hall–Kier alpha value is -2.57. The third-order valence-electron chi connectivity index (χ3n) is 3.25. The number of nitro benzene ring substituents is 1. The molecule has 0 aliphatic heterocycles. The van der Waals surface area contributed by atoms with Gasteiger partial charge in [-0.2, -0.15) is 0 Å². The number of aromatic hydroxyl groups is 1. The molecule has 0 saturated carbocycles. The number of nitro groups is 1. The van der Waals surface area contributed by atoms with E-state index in [1.807, 2.05) is 0 Å². The number of benzene rings is 2. The summed E-state index contributed by atoms with van der Waals surface area (Å²) in [6.07, 6.45) is 0. The molecule has 0 unspecified atom stereocenters. The van der Waals surface area contributed by atoms with Crippen molar-refractivity contribution in [3.05, 3.63) is 66.8 Å². The number of fused-ring (bicyclic) bond motifs is 1. The molecule has 0 bridgehead atoms. The lowest BCUT2D eigenvalue weighted by molar-refractivity contribution is -0.384. The van der Waals surface area contributed by atoms with Crippen LogP contribution in [-0.4, -0.2) is 10.0 Å². The van der Waals surface area contributed by atoms with E-state index in [1.165, 1.54) is 24.3 Å². The Morgan fingerprint density at radius 3 is 2.57 bits per heavy atom. The molecule has 0 radical (unpaired) electrons. The van der Waals surface area contributed by atoms with Gasteiger partial charge in [0, 0.05) is 18.2 Å². The van der Waals surface area contributed by atoms with Gasteiger partial charge in [-0.25, -0.2) is 0 Å². The number of para-hydroxylation sites is 1. The summed E-state index contributed by atoms with van der Waals surface area (Å²) < 4.78 is 5.55. The van der Waals surface area contributed by atoms with Gasteiger partial charge in [0.1, 0.15) is 11.3 Å². The molecule has 0 fully saturated rings. The second-order valence-electron chi connectivity index (χ2n) is 4.64. The SMILES string of the molecule is O=c1cc(-c2ccccc2[N+](=O)[O-])oc2cc(Cl)c(O)c(Cl)c12. The molecule has 0 saturated heterocycles. The van der Waals surface area contributed by atoms with Gasteiger partial charge in [0.05, 0.1) is 25.9 Å². The maximum atomic E-state index is 12.3. The van der Waals surface area contributed by atoms with Crippen molar-refractivity contribution in [3.8, 4) is 17.1 Å². The number of phenolic OH excluding ortho intramolecular Hbond substituents is 1. The molecule has 23 heavy (non-hydrogen) atoms. The zero-order valence-corrected chi connectivity index (χ0v) is 12.8. The first-order chi connectivity index (χ1) is 10.9. The van der Waals surface area contributed by atoms with Crippen LogP contribution < -0.4 is 5.43 Å². The maximum absolute atomic E-state index is 12.3. The van der Waals surface area contributed by atoms with Crippen LogP contribution in [0, 0.1) is 10.1 Å². The molecule has 6 nitrogen and oxygen atoms in total. The second kappa shape index (κ2) is 5.57. The highest BCUT2D eigenvalue weighted by Gasteiger charge is 2.20. The molecule has 1 aromatic heterocycles. The van der Waals surface area contributed by atoms with Gasteiger partial charge in [-0.1, -0.05) is 35.3 Å². The van der Waals surface area contributed by atoms with Gasteiger partial charge >= 0.3 is 0 Å². The fourth-order valence-corrected chi connectivity index (χ4v) is 2.74. The molecule has 0 amide bonds. The first kappa shape index (κ1) is 15.3. The number of hydrogen-bond acceptors (Lipinski definition) is 5. The van der Waals surface area contributed by atoms with Gasteiger partial charge in [0.15, 0.2) is 11.2 Å². The van der Waals surface area contributed by atoms with Crippen LogP contribution in [-0.2, 0) is 0 Å². The van der Waals surface area contributed by atoms with Crippen molar-refractivity contribution in [1.82, 2.24) is 0 Å². The summed E-state index contributed by atoms with van der Waals surface area (Å²) in [5, 5.41) is 20.4. The van der Waals surface area contributed by atoms with E-state index in [0.29, 0.717) is 0 Å². The van der Waals surface area contributed by atoms with Crippen LogP contribution in [0.3, 0.4) is 0 Å². The van der Waals surface area contributed by atoms with Crippen LogP contribution in [0.4, 0.5) is 5.69 Å². The number of phenols is 1. The lowest BCUT2D eigenvalue weighted by Gasteiger charge is -2.07. The Kier molecular flexibility index (Phi) is 3.71. The predicted molar refractivity (Wildman–Crippen MR) is 86.3 cm³/mol. The smallest absolute Gasteiger partial charge is 0.280 e.